The number of carbonyl (C=O) groups is 2. The third-order valence-corrected chi connectivity index (χ3v) is 6.51. The summed E-state index contributed by atoms with van der Waals surface area (Å²) in [5, 5.41) is 8.35. The van der Waals surface area contributed by atoms with Crippen molar-refractivity contribution in [2.75, 3.05) is 54.1 Å². The van der Waals surface area contributed by atoms with E-state index in [4.69, 9.17) is 9.47 Å². The van der Waals surface area contributed by atoms with E-state index in [1.807, 2.05) is 12.1 Å². The number of nitrogens with one attached hydrogen (secondary N) is 3. The van der Waals surface area contributed by atoms with Crippen LogP contribution < -0.4 is 25.6 Å². The fraction of sp³-hybridized carbons (Fsp3) is 0.367. The van der Waals surface area contributed by atoms with Gasteiger partial charge in [0, 0.05) is 56.2 Å². The number of carbonyl (C=O) groups excluding carboxylic acids is 2. The maximum Gasteiger partial charge on any atom is 0.419 e. The van der Waals surface area contributed by atoms with Crippen LogP contribution in [0.1, 0.15) is 33.3 Å². The van der Waals surface area contributed by atoms with Crippen LogP contribution >= 0.6 is 0 Å². The standard InChI is InChI=1S/C30H35F3N6O4/c1-19(40)38-13-15-39(16-14-38)22-9-11-24(25(18-22)42-5)36-26-12-10-23(30(31,32)33)27(37-26)34-20-7-6-8-21(17-20)35-28(41)43-29(2,3)4/h6-12,17-18H,13-16H2,1-5H3,(H,35,41)(H2,34,36,37). The van der Waals surface area contributed by atoms with E-state index in [0.717, 1.165) is 11.8 Å². The van der Waals surface area contributed by atoms with Crippen LogP contribution in [-0.2, 0) is 15.7 Å². The SMILES string of the molecule is COc1cc(N2CCN(C(C)=O)CC2)ccc1Nc1ccc(C(F)(F)F)c(Nc2cccc(NC(=O)OC(C)(C)C)c2)n1. The average Bonchev–Trinajstić information content (AvgIpc) is 2.92. The molecule has 1 aliphatic rings. The first-order valence-electron chi connectivity index (χ1n) is 13.6. The van der Waals surface area contributed by atoms with E-state index < -0.39 is 29.3 Å². The summed E-state index contributed by atoms with van der Waals surface area (Å²) in [6.45, 7) is 9.27. The van der Waals surface area contributed by atoms with Gasteiger partial charge >= 0.3 is 12.3 Å². The maximum absolute atomic E-state index is 13.9. The molecule has 3 N–H and O–H groups in total. The molecule has 2 heterocycles. The van der Waals surface area contributed by atoms with E-state index in [1.165, 1.54) is 19.2 Å². The summed E-state index contributed by atoms with van der Waals surface area (Å²) in [5.41, 5.74) is 0.331. The molecule has 10 nitrogen and oxygen atoms in total. The number of hydrogen-bond acceptors (Lipinski definition) is 8. The van der Waals surface area contributed by atoms with E-state index in [2.05, 4.69) is 25.8 Å². The number of alkyl halides is 3. The zero-order valence-corrected chi connectivity index (χ0v) is 24.6. The summed E-state index contributed by atoms with van der Waals surface area (Å²) in [5.74, 6) is 0.244. The number of piperazine rings is 1. The second kappa shape index (κ2) is 12.7. The van der Waals surface area contributed by atoms with Crippen molar-refractivity contribution in [1.29, 1.82) is 0 Å². The summed E-state index contributed by atoms with van der Waals surface area (Å²) in [7, 11) is 1.50. The molecule has 13 heteroatoms. The Morgan fingerprint density at radius 2 is 1.60 bits per heavy atom. The first-order chi connectivity index (χ1) is 20.2. The first-order valence-corrected chi connectivity index (χ1v) is 13.6. The number of methoxy groups -OCH3 is 1. The number of hydrogen-bond donors (Lipinski definition) is 3. The number of benzene rings is 2. The molecular weight excluding hydrogens is 565 g/mol. The Balaban J connectivity index is 1.54. The van der Waals surface area contributed by atoms with Crippen LogP contribution in [0.3, 0.4) is 0 Å². The summed E-state index contributed by atoms with van der Waals surface area (Å²) in [6.07, 6.45) is -5.37. The van der Waals surface area contributed by atoms with Gasteiger partial charge < -0.3 is 29.9 Å². The van der Waals surface area contributed by atoms with Crippen LogP contribution in [0.4, 0.5) is 52.4 Å². The monoisotopic (exact) mass is 600 g/mol. The topological polar surface area (TPSA) is 108 Å². The molecule has 0 radical (unpaired) electrons. The maximum atomic E-state index is 13.9. The normalized spacial score (nSPS) is 13.8. The minimum absolute atomic E-state index is 0.0415. The number of halogens is 3. The van der Waals surface area contributed by atoms with Gasteiger partial charge in [-0.3, -0.25) is 10.1 Å². The largest absolute Gasteiger partial charge is 0.494 e. The van der Waals surface area contributed by atoms with E-state index in [9.17, 15) is 22.8 Å². The van der Waals surface area contributed by atoms with E-state index in [-0.39, 0.29) is 17.4 Å². The van der Waals surface area contributed by atoms with Crippen molar-refractivity contribution in [3.63, 3.8) is 0 Å². The number of aromatic nitrogens is 1. The van der Waals surface area contributed by atoms with Crippen LogP contribution in [0, 0.1) is 0 Å². The summed E-state index contributed by atoms with van der Waals surface area (Å²) in [6, 6.07) is 13.9. The van der Waals surface area contributed by atoms with Gasteiger partial charge in [-0.2, -0.15) is 13.2 Å². The van der Waals surface area contributed by atoms with Gasteiger partial charge in [0.25, 0.3) is 0 Å². The number of pyridine rings is 1. The molecule has 1 aliphatic heterocycles. The quantitative estimate of drug-likeness (QED) is 0.278. The molecule has 230 valence electrons. The second-order valence-electron chi connectivity index (χ2n) is 10.9. The number of amides is 2. The lowest BCUT2D eigenvalue weighted by molar-refractivity contribution is -0.137. The zero-order valence-electron chi connectivity index (χ0n) is 24.6. The van der Waals surface area contributed by atoms with Gasteiger partial charge in [-0.1, -0.05) is 6.07 Å². The van der Waals surface area contributed by atoms with Crippen molar-refractivity contribution in [1.82, 2.24) is 9.88 Å². The first kappa shape index (κ1) is 31.3. The zero-order chi connectivity index (χ0) is 31.4. The lowest BCUT2D eigenvalue weighted by atomic mass is 10.2. The predicted molar refractivity (Wildman–Crippen MR) is 160 cm³/mol. The van der Waals surface area contributed by atoms with Crippen molar-refractivity contribution in [3.05, 3.63) is 60.2 Å². The molecule has 0 atom stereocenters. The van der Waals surface area contributed by atoms with Crippen LogP contribution in [0.2, 0.25) is 0 Å². The molecule has 4 rings (SSSR count). The molecule has 0 bridgehead atoms. The minimum Gasteiger partial charge on any atom is -0.494 e. The highest BCUT2D eigenvalue weighted by molar-refractivity contribution is 5.86. The third-order valence-electron chi connectivity index (χ3n) is 6.51. The van der Waals surface area contributed by atoms with Crippen molar-refractivity contribution in [2.24, 2.45) is 0 Å². The summed E-state index contributed by atoms with van der Waals surface area (Å²) in [4.78, 5) is 31.9. The number of ether oxygens (including phenoxy) is 2. The Morgan fingerprint density at radius 1 is 0.907 bits per heavy atom. The highest BCUT2D eigenvalue weighted by atomic mass is 19.4. The van der Waals surface area contributed by atoms with Crippen molar-refractivity contribution >= 4 is 46.4 Å². The van der Waals surface area contributed by atoms with Gasteiger partial charge in [-0.25, -0.2) is 9.78 Å². The summed E-state index contributed by atoms with van der Waals surface area (Å²) >= 11 is 0. The Morgan fingerprint density at radius 3 is 2.23 bits per heavy atom. The van der Waals surface area contributed by atoms with Crippen molar-refractivity contribution in [2.45, 2.75) is 39.5 Å². The predicted octanol–water partition coefficient (Wildman–Crippen LogP) is 6.61. The van der Waals surface area contributed by atoms with Gasteiger partial charge in [0.05, 0.1) is 18.4 Å². The average molecular weight is 601 g/mol. The smallest absolute Gasteiger partial charge is 0.419 e. The minimum atomic E-state index is -4.67. The highest BCUT2D eigenvalue weighted by Crippen LogP contribution is 2.38. The molecule has 1 saturated heterocycles. The molecule has 0 unspecified atom stereocenters. The second-order valence-corrected chi connectivity index (χ2v) is 10.9. The lowest BCUT2D eigenvalue weighted by Gasteiger charge is -2.35. The van der Waals surface area contributed by atoms with E-state index >= 15 is 0 Å². The molecule has 2 aromatic carbocycles. The Hall–Kier alpha value is -4.68. The molecular formula is C30H35F3N6O4. The lowest BCUT2D eigenvalue weighted by Crippen LogP contribution is -2.48. The molecule has 0 aliphatic carbocycles. The van der Waals surface area contributed by atoms with Gasteiger partial charge in [0.15, 0.2) is 0 Å². The molecule has 43 heavy (non-hydrogen) atoms. The Bertz CT molecular complexity index is 1470. The highest BCUT2D eigenvalue weighted by Gasteiger charge is 2.35. The number of rotatable bonds is 7. The molecule has 1 fully saturated rings. The fourth-order valence-electron chi connectivity index (χ4n) is 4.48. The van der Waals surface area contributed by atoms with Crippen LogP contribution in [0.15, 0.2) is 54.6 Å². The van der Waals surface area contributed by atoms with E-state index in [1.54, 1.807) is 56.9 Å². The third kappa shape index (κ3) is 8.43. The van der Waals surface area contributed by atoms with Gasteiger partial charge in [-0.15, -0.1) is 0 Å². The van der Waals surface area contributed by atoms with Crippen LogP contribution in [0.25, 0.3) is 0 Å². The number of anilines is 6. The van der Waals surface area contributed by atoms with Crippen molar-refractivity contribution < 1.29 is 32.2 Å². The van der Waals surface area contributed by atoms with Gasteiger partial charge in [0.1, 0.15) is 23.0 Å². The Kier molecular flexibility index (Phi) is 9.22. The molecule has 0 saturated carbocycles. The molecule has 1 aromatic heterocycles. The molecule has 2 amide bonds. The Labute approximate surface area is 248 Å². The van der Waals surface area contributed by atoms with Gasteiger partial charge in [-0.05, 0) is 63.2 Å². The fourth-order valence-corrected chi connectivity index (χ4v) is 4.48. The summed E-state index contributed by atoms with van der Waals surface area (Å²) < 4.78 is 52.5. The van der Waals surface area contributed by atoms with Gasteiger partial charge in [0.2, 0.25) is 5.91 Å². The van der Waals surface area contributed by atoms with Crippen molar-refractivity contribution in [3.8, 4) is 5.75 Å². The van der Waals surface area contributed by atoms with Crippen LogP contribution in [0.5, 0.6) is 5.75 Å². The number of nitrogens with zero attached hydrogens (tertiary/aromatic N) is 3. The van der Waals surface area contributed by atoms with E-state index in [0.29, 0.717) is 43.3 Å². The molecule has 3 aromatic rings. The van der Waals surface area contributed by atoms with Crippen LogP contribution in [-0.4, -0.2) is 60.8 Å². The molecule has 0 spiro atoms.